The molecule has 2 aromatic carbocycles. The van der Waals surface area contributed by atoms with Gasteiger partial charge in [0.15, 0.2) is 5.75 Å². The molecule has 3 nitrogen and oxygen atoms in total. The number of aryl methyl sites for hydroxylation is 1. The van der Waals surface area contributed by atoms with Crippen LogP contribution >= 0.6 is 11.6 Å². The predicted molar refractivity (Wildman–Crippen MR) is 73.7 cm³/mol. The van der Waals surface area contributed by atoms with E-state index in [1.54, 1.807) is 37.4 Å². The second kappa shape index (κ2) is 5.19. The van der Waals surface area contributed by atoms with E-state index >= 15 is 0 Å². The Balaban J connectivity index is 2.30. The highest BCUT2D eigenvalue weighted by atomic mass is 35.5. The number of nitrogens with two attached hydrogens (primary N) is 1. The minimum atomic E-state index is 0.559. The summed E-state index contributed by atoms with van der Waals surface area (Å²) in [7, 11) is 1.60. The first-order valence-corrected chi connectivity index (χ1v) is 5.85. The predicted octanol–water partition coefficient (Wildman–Crippen LogP) is 4.03. The molecule has 94 valence electrons. The minimum absolute atomic E-state index is 0.559. The number of hydrogen-bond donors (Lipinski definition) is 1. The number of hydrogen-bond acceptors (Lipinski definition) is 3. The van der Waals surface area contributed by atoms with Crippen LogP contribution in [0.25, 0.3) is 0 Å². The molecular formula is C14H14ClNO2. The summed E-state index contributed by atoms with van der Waals surface area (Å²) in [5.74, 6) is 1.96. The van der Waals surface area contributed by atoms with Crippen LogP contribution < -0.4 is 15.2 Å². The van der Waals surface area contributed by atoms with Gasteiger partial charge in [-0.15, -0.1) is 0 Å². The second-order valence-electron chi connectivity index (χ2n) is 3.92. The van der Waals surface area contributed by atoms with E-state index in [-0.39, 0.29) is 0 Å². The van der Waals surface area contributed by atoms with Gasteiger partial charge in [0.1, 0.15) is 11.5 Å². The maximum atomic E-state index is 5.96. The van der Waals surface area contributed by atoms with E-state index in [2.05, 4.69) is 0 Å². The Morgan fingerprint density at radius 3 is 2.44 bits per heavy atom. The molecule has 0 bridgehead atoms. The summed E-state index contributed by atoms with van der Waals surface area (Å²) in [5.41, 5.74) is 7.37. The van der Waals surface area contributed by atoms with Gasteiger partial charge in [-0.3, -0.25) is 0 Å². The Kier molecular flexibility index (Phi) is 3.63. The zero-order valence-electron chi connectivity index (χ0n) is 10.2. The monoisotopic (exact) mass is 263 g/mol. The van der Waals surface area contributed by atoms with Crippen molar-refractivity contribution in [1.82, 2.24) is 0 Å². The van der Waals surface area contributed by atoms with Crippen molar-refractivity contribution in [2.24, 2.45) is 0 Å². The molecule has 18 heavy (non-hydrogen) atoms. The van der Waals surface area contributed by atoms with Crippen molar-refractivity contribution >= 4 is 17.3 Å². The van der Waals surface area contributed by atoms with Crippen molar-refractivity contribution in [2.75, 3.05) is 12.8 Å². The maximum Gasteiger partial charge on any atom is 0.153 e. The molecule has 0 aromatic heterocycles. The van der Waals surface area contributed by atoms with Crippen LogP contribution in [-0.2, 0) is 0 Å². The molecule has 0 fully saturated rings. The van der Waals surface area contributed by atoms with E-state index < -0.39 is 0 Å². The van der Waals surface area contributed by atoms with Crippen molar-refractivity contribution in [3.8, 4) is 17.2 Å². The SMILES string of the molecule is COc1ccc(N)c(Oc2ccc(Cl)c(C)c2)c1. The van der Waals surface area contributed by atoms with Gasteiger partial charge in [0.05, 0.1) is 12.8 Å². The first-order valence-electron chi connectivity index (χ1n) is 5.47. The van der Waals surface area contributed by atoms with E-state index in [9.17, 15) is 0 Å². The molecule has 2 aromatic rings. The number of nitrogen functional groups attached to an aromatic ring is 1. The first kappa shape index (κ1) is 12.6. The van der Waals surface area contributed by atoms with E-state index in [1.807, 2.05) is 13.0 Å². The van der Waals surface area contributed by atoms with Crippen LogP contribution in [-0.4, -0.2) is 7.11 Å². The Morgan fingerprint density at radius 2 is 1.78 bits per heavy atom. The van der Waals surface area contributed by atoms with Gasteiger partial charge >= 0.3 is 0 Å². The fourth-order valence-electron chi connectivity index (χ4n) is 1.54. The van der Waals surface area contributed by atoms with Crippen molar-refractivity contribution in [3.63, 3.8) is 0 Å². The maximum absolute atomic E-state index is 5.96. The normalized spacial score (nSPS) is 10.2. The third-order valence-electron chi connectivity index (χ3n) is 2.58. The van der Waals surface area contributed by atoms with E-state index in [0.717, 1.165) is 5.56 Å². The lowest BCUT2D eigenvalue weighted by Crippen LogP contribution is -1.93. The molecule has 0 radical (unpaired) electrons. The Labute approximate surface area is 111 Å². The van der Waals surface area contributed by atoms with Crippen LogP contribution in [0.3, 0.4) is 0 Å². The molecule has 0 aliphatic rings. The average Bonchev–Trinajstić information content (AvgIpc) is 2.36. The third kappa shape index (κ3) is 2.68. The molecule has 0 amide bonds. The van der Waals surface area contributed by atoms with Crippen LogP contribution in [0.2, 0.25) is 5.02 Å². The van der Waals surface area contributed by atoms with Crippen molar-refractivity contribution in [1.29, 1.82) is 0 Å². The fraction of sp³-hybridized carbons (Fsp3) is 0.143. The minimum Gasteiger partial charge on any atom is -0.497 e. The van der Waals surface area contributed by atoms with Gasteiger partial charge in [0, 0.05) is 11.1 Å². The lowest BCUT2D eigenvalue weighted by atomic mass is 10.2. The zero-order chi connectivity index (χ0) is 13.1. The summed E-state index contributed by atoms with van der Waals surface area (Å²) in [6.45, 7) is 1.92. The zero-order valence-corrected chi connectivity index (χ0v) is 11.0. The molecule has 0 atom stereocenters. The number of ether oxygens (including phenoxy) is 2. The molecule has 0 saturated heterocycles. The lowest BCUT2D eigenvalue weighted by molar-refractivity contribution is 0.409. The van der Waals surface area contributed by atoms with Crippen molar-refractivity contribution in [2.45, 2.75) is 6.92 Å². The van der Waals surface area contributed by atoms with Gasteiger partial charge in [0.25, 0.3) is 0 Å². The van der Waals surface area contributed by atoms with Crippen molar-refractivity contribution in [3.05, 3.63) is 47.0 Å². The molecule has 2 N–H and O–H groups in total. The first-order chi connectivity index (χ1) is 8.60. The fourth-order valence-corrected chi connectivity index (χ4v) is 1.66. The molecule has 4 heteroatoms. The van der Waals surface area contributed by atoms with Crippen molar-refractivity contribution < 1.29 is 9.47 Å². The highest BCUT2D eigenvalue weighted by Crippen LogP contribution is 2.32. The van der Waals surface area contributed by atoms with Crippen LogP contribution in [0.1, 0.15) is 5.56 Å². The lowest BCUT2D eigenvalue weighted by Gasteiger charge is -2.11. The van der Waals surface area contributed by atoms with Crippen LogP contribution in [0.15, 0.2) is 36.4 Å². The summed E-state index contributed by atoms with van der Waals surface area (Å²) in [6.07, 6.45) is 0. The summed E-state index contributed by atoms with van der Waals surface area (Å²) in [4.78, 5) is 0. The molecule has 2 rings (SSSR count). The van der Waals surface area contributed by atoms with Crippen LogP contribution in [0.4, 0.5) is 5.69 Å². The van der Waals surface area contributed by atoms with Gasteiger partial charge in [-0.2, -0.15) is 0 Å². The molecule has 0 unspecified atom stereocenters. The molecule has 0 aliphatic heterocycles. The van der Waals surface area contributed by atoms with Crippen LogP contribution in [0.5, 0.6) is 17.2 Å². The largest absolute Gasteiger partial charge is 0.497 e. The third-order valence-corrected chi connectivity index (χ3v) is 3.00. The highest BCUT2D eigenvalue weighted by molar-refractivity contribution is 6.31. The Morgan fingerprint density at radius 1 is 1.06 bits per heavy atom. The van der Waals surface area contributed by atoms with Gasteiger partial charge in [-0.1, -0.05) is 11.6 Å². The number of benzene rings is 2. The number of anilines is 1. The average molecular weight is 264 g/mol. The van der Waals surface area contributed by atoms with E-state index in [0.29, 0.717) is 28.0 Å². The summed E-state index contributed by atoms with van der Waals surface area (Å²) >= 11 is 5.96. The van der Waals surface area contributed by atoms with Gasteiger partial charge in [-0.05, 0) is 42.8 Å². The highest BCUT2D eigenvalue weighted by Gasteiger charge is 2.05. The smallest absolute Gasteiger partial charge is 0.153 e. The Hall–Kier alpha value is -1.87. The molecule has 0 heterocycles. The second-order valence-corrected chi connectivity index (χ2v) is 4.32. The summed E-state index contributed by atoms with van der Waals surface area (Å²) < 4.78 is 10.9. The van der Waals surface area contributed by atoms with Gasteiger partial charge in [0.2, 0.25) is 0 Å². The van der Waals surface area contributed by atoms with Gasteiger partial charge in [-0.25, -0.2) is 0 Å². The molecular weight excluding hydrogens is 250 g/mol. The van der Waals surface area contributed by atoms with Gasteiger partial charge < -0.3 is 15.2 Å². The van der Waals surface area contributed by atoms with E-state index in [4.69, 9.17) is 26.8 Å². The number of methoxy groups -OCH3 is 1. The standard InChI is InChI=1S/C14H14ClNO2/c1-9-7-11(3-5-12(9)15)18-14-8-10(17-2)4-6-13(14)16/h3-8H,16H2,1-2H3. The summed E-state index contributed by atoms with van der Waals surface area (Å²) in [6, 6.07) is 10.7. The van der Waals surface area contributed by atoms with E-state index in [1.165, 1.54) is 0 Å². The topological polar surface area (TPSA) is 44.5 Å². The van der Waals surface area contributed by atoms with Crippen LogP contribution in [0, 0.1) is 6.92 Å². The summed E-state index contributed by atoms with van der Waals surface area (Å²) in [5, 5.41) is 0.709. The molecule has 0 saturated carbocycles. The quantitative estimate of drug-likeness (QED) is 0.851. The number of halogens is 1. The molecule has 0 spiro atoms. The Bertz CT molecular complexity index is 570. The number of rotatable bonds is 3. The molecule has 0 aliphatic carbocycles.